The van der Waals surface area contributed by atoms with Crippen molar-refractivity contribution in [3.05, 3.63) is 35.4 Å². The molecule has 0 saturated carbocycles. The molecule has 1 aromatic rings. The van der Waals surface area contributed by atoms with Crippen LogP contribution in [-0.2, 0) is 9.84 Å². The Hall–Kier alpha value is 0.300. The van der Waals surface area contributed by atoms with Gasteiger partial charge in [-0.2, -0.15) is 0 Å². The Morgan fingerprint density at radius 2 is 1.67 bits per heavy atom. The van der Waals surface area contributed by atoms with Gasteiger partial charge >= 0.3 is 0 Å². The van der Waals surface area contributed by atoms with Crippen molar-refractivity contribution in [1.29, 1.82) is 0 Å². The lowest BCUT2D eigenvalue weighted by Gasteiger charge is -2.04. The van der Waals surface area contributed by atoms with E-state index in [2.05, 4.69) is 0 Å². The van der Waals surface area contributed by atoms with Crippen LogP contribution >= 0.6 is 45.2 Å². The van der Waals surface area contributed by atoms with E-state index in [1.165, 1.54) is 12.1 Å². The molecule has 0 heterocycles. The lowest BCUT2D eigenvalue weighted by Crippen LogP contribution is -2.20. The van der Waals surface area contributed by atoms with Crippen molar-refractivity contribution in [3.8, 4) is 0 Å². The Morgan fingerprint density at radius 3 is 2.07 bits per heavy atom. The summed E-state index contributed by atoms with van der Waals surface area (Å²) in [6.45, 7) is 1.88. The summed E-state index contributed by atoms with van der Waals surface area (Å²) in [5, 5.41) is -0.809. The van der Waals surface area contributed by atoms with Gasteiger partial charge in [0.05, 0.1) is 0 Å². The van der Waals surface area contributed by atoms with Gasteiger partial charge in [0.25, 0.3) is 5.12 Å². The predicted molar refractivity (Wildman–Crippen MR) is 76.3 cm³/mol. The minimum absolute atomic E-state index is 0.221. The highest BCUT2D eigenvalue weighted by molar-refractivity contribution is 14.2. The molecule has 0 bridgehead atoms. The number of sulfone groups is 1. The molecule has 0 spiro atoms. The monoisotopic (exact) mass is 450 g/mol. The lowest BCUT2D eigenvalue weighted by atomic mass is 10.2. The Morgan fingerprint density at radius 1 is 1.20 bits per heavy atom. The van der Waals surface area contributed by atoms with Gasteiger partial charge in [0.2, 0.25) is 9.84 Å². The number of carbonyl (C=O) groups is 1. The van der Waals surface area contributed by atoms with Crippen LogP contribution < -0.4 is 0 Å². The maximum Gasteiger partial charge on any atom is 0.278 e. The fourth-order valence-corrected chi connectivity index (χ4v) is 2.95. The fraction of sp³-hybridized carbons (Fsp3) is 0.222. The van der Waals surface area contributed by atoms with E-state index >= 15 is 0 Å². The van der Waals surface area contributed by atoms with Gasteiger partial charge in [0, 0.05) is 5.56 Å². The van der Waals surface area contributed by atoms with Gasteiger partial charge < -0.3 is 0 Å². The zero-order chi connectivity index (χ0) is 11.6. The van der Waals surface area contributed by atoms with Gasteiger partial charge in [-0.05, 0) is 6.92 Å². The maximum absolute atomic E-state index is 11.6. The molecule has 82 valence electrons. The summed E-state index contributed by atoms with van der Waals surface area (Å²) in [7, 11) is -3.71. The van der Waals surface area contributed by atoms with Crippen LogP contribution in [0, 0.1) is 6.92 Å². The van der Waals surface area contributed by atoms with E-state index < -0.39 is 16.2 Å². The predicted octanol–water partition coefficient (Wildman–Crippen LogP) is 2.70. The molecule has 0 amide bonds. The molecule has 3 nitrogen and oxygen atoms in total. The van der Waals surface area contributed by atoms with E-state index in [9.17, 15) is 13.2 Å². The smallest absolute Gasteiger partial charge is 0.276 e. The van der Waals surface area contributed by atoms with Crippen molar-refractivity contribution < 1.29 is 13.2 Å². The summed E-state index contributed by atoms with van der Waals surface area (Å²) in [5.41, 5.74) is 1.21. The summed E-state index contributed by atoms with van der Waals surface area (Å²) < 4.78 is 22.4. The van der Waals surface area contributed by atoms with Crippen LogP contribution in [0.3, 0.4) is 0 Å². The van der Waals surface area contributed by atoms with Crippen LogP contribution in [-0.4, -0.2) is 14.8 Å². The number of aryl methyl sites for hydroxylation is 1. The molecule has 1 aromatic carbocycles. The first-order valence-corrected chi connectivity index (χ1v) is 8.02. The zero-order valence-corrected chi connectivity index (χ0v) is 12.9. The summed E-state index contributed by atoms with van der Waals surface area (Å²) in [6, 6.07) is 6.51. The minimum Gasteiger partial charge on any atom is -0.276 e. The number of carbonyl (C=O) groups excluding carboxylic acids is 1. The highest BCUT2D eigenvalue weighted by Crippen LogP contribution is 2.22. The lowest BCUT2D eigenvalue weighted by molar-refractivity contribution is 0.107. The van der Waals surface area contributed by atoms with E-state index in [1.54, 1.807) is 57.3 Å². The molecule has 0 aromatic heterocycles. The van der Waals surface area contributed by atoms with Crippen LogP contribution in [0.15, 0.2) is 24.3 Å². The van der Waals surface area contributed by atoms with Crippen LogP contribution in [0.25, 0.3) is 0 Å². The number of alkyl halides is 2. The summed E-state index contributed by atoms with van der Waals surface area (Å²) >= 11 is 3.42. The van der Waals surface area contributed by atoms with Gasteiger partial charge in [0.15, 0.2) is 1.26 Å². The van der Waals surface area contributed by atoms with Crippen molar-refractivity contribution >= 4 is 60.1 Å². The number of benzene rings is 1. The normalized spacial score (nSPS) is 11.7. The third-order valence-corrected chi connectivity index (χ3v) is 7.02. The summed E-state index contributed by atoms with van der Waals surface area (Å²) in [4.78, 5) is 11.6. The third kappa shape index (κ3) is 3.13. The van der Waals surface area contributed by atoms with E-state index in [-0.39, 0.29) is 5.56 Å². The molecule has 0 aliphatic heterocycles. The molecular weight excluding hydrogens is 442 g/mol. The maximum atomic E-state index is 11.6. The first-order valence-electron chi connectivity index (χ1n) is 3.99. The second-order valence-corrected chi connectivity index (χ2v) is 11.5. The van der Waals surface area contributed by atoms with Gasteiger partial charge in [-0.25, -0.2) is 8.42 Å². The largest absolute Gasteiger partial charge is 0.278 e. The van der Waals surface area contributed by atoms with E-state index in [0.29, 0.717) is 0 Å². The van der Waals surface area contributed by atoms with Crippen LogP contribution in [0.4, 0.5) is 0 Å². The summed E-state index contributed by atoms with van der Waals surface area (Å²) in [6.07, 6.45) is 0. The van der Waals surface area contributed by atoms with E-state index in [0.717, 1.165) is 5.56 Å². The molecule has 0 saturated heterocycles. The average molecular weight is 450 g/mol. The fourth-order valence-electron chi connectivity index (χ4n) is 0.935. The first kappa shape index (κ1) is 13.4. The first-order chi connectivity index (χ1) is 6.85. The number of hydrogen-bond donors (Lipinski definition) is 0. The molecule has 0 aliphatic rings. The zero-order valence-electron chi connectivity index (χ0n) is 7.78. The van der Waals surface area contributed by atoms with Crippen LogP contribution in [0.5, 0.6) is 0 Å². The Bertz CT molecular complexity index is 463. The minimum atomic E-state index is -3.71. The van der Waals surface area contributed by atoms with Gasteiger partial charge in [-0.3, -0.25) is 4.79 Å². The molecule has 0 unspecified atom stereocenters. The SMILES string of the molecule is Cc1ccc(C(=O)S(=O)(=O)C(I)I)cc1. The molecule has 1 rings (SSSR count). The number of halogens is 2. The number of hydrogen-bond acceptors (Lipinski definition) is 3. The molecule has 15 heavy (non-hydrogen) atoms. The molecule has 0 N–H and O–H groups in total. The Kier molecular flexibility index (Phi) is 4.53. The quantitative estimate of drug-likeness (QED) is 0.515. The topological polar surface area (TPSA) is 51.2 Å². The van der Waals surface area contributed by atoms with Crippen molar-refractivity contribution in [2.75, 3.05) is 0 Å². The highest BCUT2D eigenvalue weighted by atomic mass is 127. The second kappa shape index (κ2) is 5.09. The van der Waals surface area contributed by atoms with Gasteiger partial charge in [-0.15, -0.1) is 0 Å². The molecule has 0 aliphatic carbocycles. The molecular formula is C9H8I2O3S. The second-order valence-electron chi connectivity index (χ2n) is 2.96. The van der Waals surface area contributed by atoms with Crippen LogP contribution in [0.2, 0.25) is 0 Å². The summed E-state index contributed by atoms with van der Waals surface area (Å²) in [5.74, 6) is 0. The Balaban J connectivity index is 3.11. The van der Waals surface area contributed by atoms with Crippen molar-refractivity contribution in [3.63, 3.8) is 0 Å². The van der Waals surface area contributed by atoms with Crippen molar-refractivity contribution in [1.82, 2.24) is 0 Å². The average Bonchev–Trinajstić information content (AvgIpc) is 2.17. The van der Waals surface area contributed by atoms with Crippen molar-refractivity contribution in [2.45, 2.75) is 8.19 Å². The van der Waals surface area contributed by atoms with Crippen LogP contribution in [0.1, 0.15) is 15.9 Å². The standard InChI is InChI=1S/C9H8I2O3S/c1-6-2-4-7(5-3-6)8(12)15(13,14)9(10)11/h2-5,9H,1H3. The third-order valence-electron chi connectivity index (χ3n) is 1.78. The van der Waals surface area contributed by atoms with E-state index in [4.69, 9.17) is 0 Å². The highest BCUT2D eigenvalue weighted by Gasteiger charge is 2.29. The van der Waals surface area contributed by atoms with E-state index in [1.807, 2.05) is 6.92 Å². The molecule has 0 radical (unpaired) electrons. The molecule has 6 heteroatoms. The molecule has 0 fully saturated rings. The van der Waals surface area contributed by atoms with Gasteiger partial charge in [-0.1, -0.05) is 75.0 Å². The van der Waals surface area contributed by atoms with Crippen molar-refractivity contribution in [2.24, 2.45) is 0 Å². The number of rotatable bonds is 2. The Labute approximate surface area is 116 Å². The van der Waals surface area contributed by atoms with Gasteiger partial charge in [0.1, 0.15) is 0 Å². The molecule has 0 atom stereocenters.